The van der Waals surface area contributed by atoms with E-state index in [1.165, 1.54) is 6.33 Å². The molecule has 0 saturated heterocycles. The van der Waals surface area contributed by atoms with Crippen LogP contribution in [0.4, 0.5) is 11.5 Å². The Bertz CT molecular complexity index is 661. The molecule has 0 spiro atoms. The molecule has 17 heavy (non-hydrogen) atoms. The normalized spacial score (nSPS) is 10.9. The molecule has 0 aliphatic heterocycles. The summed E-state index contributed by atoms with van der Waals surface area (Å²) in [7, 11) is 0. The Balaban J connectivity index is 2.19. The van der Waals surface area contributed by atoms with E-state index >= 15 is 0 Å². The highest BCUT2D eigenvalue weighted by Gasteiger charge is 2.12. The Labute approximate surface area is 106 Å². The molecule has 0 aliphatic carbocycles. The van der Waals surface area contributed by atoms with Gasteiger partial charge in [-0.3, -0.25) is 0 Å². The minimum Gasteiger partial charge on any atom is -0.339 e. The van der Waals surface area contributed by atoms with E-state index in [1.54, 1.807) is 15.9 Å². The molecule has 3 aromatic heterocycles. The van der Waals surface area contributed by atoms with Gasteiger partial charge in [-0.2, -0.15) is 30.9 Å². The summed E-state index contributed by atoms with van der Waals surface area (Å²) in [5.74, 6) is 1.27. The number of nitrogens with zero attached hydrogens (tertiary/aromatic N) is 4. The second kappa shape index (κ2) is 3.97. The van der Waals surface area contributed by atoms with Gasteiger partial charge in [-0.25, -0.2) is 0 Å². The number of nitrogens with one attached hydrogen (secondary N) is 1. The Morgan fingerprint density at radius 2 is 2.35 bits per heavy atom. The molecule has 0 bridgehead atoms. The van der Waals surface area contributed by atoms with Crippen LogP contribution in [0.3, 0.4) is 0 Å². The maximum Gasteiger partial charge on any atom is 0.255 e. The van der Waals surface area contributed by atoms with Crippen LogP contribution in [0.25, 0.3) is 5.78 Å². The topological polar surface area (TPSA) is 55.1 Å². The van der Waals surface area contributed by atoms with E-state index in [0.717, 1.165) is 17.1 Å². The quantitative estimate of drug-likeness (QED) is 0.724. The number of hydrogen-bond acceptors (Lipinski definition) is 5. The van der Waals surface area contributed by atoms with Crippen molar-refractivity contribution in [3.8, 4) is 0 Å². The summed E-state index contributed by atoms with van der Waals surface area (Å²) in [6.45, 7) is 1.89. The van der Waals surface area contributed by atoms with Gasteiger partial charge >= 0.3 is 0 Å². The van der Waals surface area contributed by atoms with Crippen LogP contribution in [0, 0.1) is 6.92 Å². The highest BCUT2D eigenvalue weighted by atomic mass is 35.5. The zero-order valence-corrected chi connectivity index (χ0v) is 10.5. The van der Waals surface area contributed by atoms with E-state index in [4.69, 9.17) is 11.6 Å². The van der Waals surface area contributed by atoms with Crippen molar-refractivity contribution in [1.82, 2.24) is 19.6 Å². The maximum atomic E-state index is 6.06. The van der Waals surface area contributed by atoms with E-state index in [9.17, 15) is 0 Å². The van der Waals surface area contributed by atoms with Crippen LogP contribution in [0.15, 0.2) is 23.2 Å². The van der Waals surface area contributed by atoms with Gasteiger partial charge in [0.05, 0.1) is 5.69 Å². The number of aromatic nitrogens is 4. The summed E-state index contributed by atoms with van der Waals surface area (Å²) >= 11 is 7.68. The molecular weight excluding hydrogens is 258 g/mol. The van der Waals surface area contributed by atoms with E-state index in [-0.39, 0.29) is 0 Å². The van der Waals surface area contributed by atoms with Gasteiger partial charge in [0.2, 0.25) is 0 Å². The fraction of sp³-hybridized carbons (Fsp3) is 0.100. The number of hydrogen-bond donors (Lipinski definition) is 1. The highest BCUT2D eigenvalue weighted by molar-refractivity contribution is 7.08. The molecule has 0 radical (unpaired) electrons. The van der Waals surface area contributed by atoms with Gasteiger partial charge in [0, 0.05) is 10.9 Å². The molecule has 0 saturated carbocycles. The number of anilines is 2. The zero-order valence-electron chi connectivity index (χ0n) is 8.88. The molecule has 5 nitrogen and oxygen atoms in total. The van der Waals surface area contributed by atoms with Gasteiger partial charge in [-0.15, -0.1) is 0 Å². The summed E-state index contributed by atoms with van der Waals surface area (Å²) in [6.07, 6.45) is 1.46. The molecule has 3 heterocycles. The van der Waals surface area contributed by atoms with Crippen molar-refractivity contribution in [2.75, 3.05) is 5.32 Å². The van der Waals surface area contributed by atoms with Crippen LogP contribution in [0.5, 0.6) is 0 Å². The minimum absolute atomic E-state index is 0.434. The van der Waals surface area contributed by atoms with Crippen molar-refractivity contribution in [1.29, 1.82) is 0 Å². The monoisotopic (exact) mass is 265 g/mol. The SMILES string of the molecule is Cc1c(Cl)nc2ncnn2c1Nc1ccsc1. The van der Waals surface area contributed by atoms with E-state index in [0.29, 0.717) is 10.9 Å². The van der Waals surface area contributed by atoms with Crippen LogP contribution in [0.2, 0.25) is 5.15 Å². The van der Waals surface area contributed by atoms with E-state index < -0.39 is 0 Å². The van der Waals surface area contributed by atoms with Crippen molar-refractivity contribution < 1.29 is 0 Å². The van der Waals surface area contributed by atoms with Gasteiger partial charge in [-0.05, 0) is 18.4 Å². The molecule has 0 atom stereocenters. The smallest absolute Gasteiger partial charge is 0.255 e. The lowest BCUT2D eigenvalue weighted by Crippen LogP contribution is -2.04. The van der Waals surface area contributed by atoms with Crippen LogP contribution in [0.1, 0.15) is 5.56 Å². The van der Waals surface area contributed by atoms with Crippen molar-refractivity contribution in [3.63, 3.8) is 0 Å². The lowest BCUT2D eigenvalue weighted by molar-refractivity contribution is 0.936. The molecule has 1 N–H and O–H groups in total. The van der Waals surface area contributed by atoms with Crippen LogP contribution >= 0.6 is 22.9 Å². The van der Waals surface area contributed by atoms with E-state index in [2.05, 4.69) is 20.4 Å². The second-order valence-electron chi connectivity index (χ2n) is 3.49. The molecule has 0 fully saturated rings. The Kier molecular flexibility index (Phi) is 2.45. The Morgan fingerprint density at radius 3 is 3.12 bits per heavy atom. The standard InChI is InChI=1S/C10H8ClN5S/c1-6-8(11)15-10-12-5-13-16(10)9(6)14-7-2-3-17-4-7/h2-5,14H,1H3. The fourth-order valence-electron chi connectivity index (χ4n) is 1.52. The third-order valence-electron chi connectivity index (χ3n) is 2.39. The van der Waals surface area contributed by atoms with Gasteiger partial charge in [0.15, 0.2) is 0 Å². The lowest BCUT2D eigenvalue weighted by Gasteiger charge is -2.10. The first-order valence-electron chi connectivity index (χ1n) is 4.91. The van der Waals surface area contributed by atoms with E-state index in [1.807, 2.05) is 23.8 Å². The summed E-state index contributed by atoms with van der Waals surface area (Å²) < 4.78 is 1.64. The van der Waals surface area contributed by atoms with Gasteiger partial charge in [0.1, 0.15) is 17.3 Å². The minimum atomic E-state index is 0.434. The molecule has 86 valence electrons. The van der Waals surface area contributed by atoms with Gasteiger partial charge in [-0.1, -0.05) is 11.6 Å². The van der Waals surface area contributed by atoms with Crippen LogP contribution < -0.4 is 5.32 Å². The molecule has 0 amide bonds. The molecule has 0 aliphatic rings. The number of fused-ring (bicyclic) bond motifs is 1. The first kappa shape index (κ1) is 10.5. The molecule has 7 heteroatoms. The van der Waals surface area contributed by atoms with Crippen molar-refractivity contribution >= 4 is 40.2 Å². The average molecular weight is 266 g/mol. The first-order chi connectivity index (χ1) is 8.25. The second-order valence-corrected chi connectivity index (χ2v) is 4.62. The Hall–Kier alpha value is -1.66. The molecule has 3 aromatic rings. The average Bonchev–Trinajstić information content (AvgIpc) is 2.94. The maximum absolute atomic E-state index is 6.06. The van der Waals surface area contributed by atoms with Crippen molar-refractivity contribution in [2.45, 2.75) is 6.92 Å². The predicted octanol–water partition coefficient (Wildman–Crippen LogP) is 2.89. The largest absolute Gasteiger partial charge is 0.339 e. The third kappa shape index (κ3) is 1.75. The Morgan fingerprint density at radius 1 is 1.47 bits per heavy atom. The summed E-state index contributed by atoms with van der Waals surface area (Å²) in [5, 5.41) is 11.8. The fourth-order valence-corrected chi connectivity index (χ4v) is 2.27. The zero-order chi connectivity index (χ0) is 11.8. The molecule has 0 unspecified atom stereocenters. The molecule has 0 aromatic carbocycles. The molecule has 3 rings (SSSR count). The predicted molar refractivity (Wildman–Crippen MR) is 68.1 cm³/mol. The highest BCUT2D eigenvalue weighted by Crippen LogP contribution is 2.26. The summed E-state index contributed by atoms with van der Waals surface area (Å²) in [4.78, 5) is 8.17. The third-order valence-corrected chi connectivity index (χ3v) is 3.44. The van der Waals surface area contributed by atoms with Gasteiger partial charge in [0.25, 0.3) is 5.78 Å². The van der Waals surface area contributed by atoms with Crippen LogP contribution in [-0.2, 0) is 0 Å². The van der Waals surface area contributed by atoms with Crippen LogP contribution in [-0.4, -0.2) is 19.6 Å². The first-order valence-corrected chi connectivity index (χ1v) is 6.23. The number of rotatable bonds is 2. The summed E-state index contributed by atoms with van der Waals surface area (Å²) in [6, 6.07) is 1.99. The van der Waals surface area contributed by atoms with Gasteiger partial charge < -0.3 is 5.32 Å². The van der Waals surface area contributed by atoms with Crippen molar-refractivity contribution in [3.05, 3.63) is 33.9 Å². The van der Waals surface area contributed by atoms with Crippen molar-refractivity contribution in [2.24, 2.45) is 0 Å². The number of halogens is 1. The lowest BCUT2D eigenvalue weighted by atomic mass is 10.3. The number of thiophene rings is 1. The molecular formula is C10H8ClN5S. The summed E-state index contributed by atoms with van der Waals surface area (Å²) in [5.41, 5.74) is 1.84.